The number of hydrogen-bond acceptors (Lipinski definition) is 5. The molecule has 0 saturated heterocycles. The molecule has 1 unspecified atom stereocenters. The van der Waals surface area contributed by atoms with Crippen LogP contribution in [0.2, 0.25) is 0 Å². The van der Waals surface area contributed by atoms with E-state index in [-0.39, 0.29) is 12.5 Å². The van der Waals surface area contributed by atoms with Gasteiger partial charge in [-0.1, -0.05) is 6.92 Å². The van der Waals surface area contributed by atoms with Gasteiger partial charge in [-0.2, -0.15) is 15.3 Å². The van der Waals surface area contributed by atoms with Crippen LogP contribution in [0.1, 0.15) is 40.4 Å². The Morgan fingerprint density at radius 3 is 2.81 bits per heavy atom. The maximum absolute atomic E-state index is 12.4. The molecule has 0 aliphatic rings. The summed E-state index contributed by atoms with van der Waals surface area (Å²) in [6, 6.07) is 2.98. The first-order valence-corrected chi connectivity index (χ1v) is 6.79. The van der Waals surface area contributed by atoms with Crippen LogP contribution in [-0.4, -0.2) is 37.6 Å². The number of aromatic nitrogens is 4. The van der Waals surface area contributed by atoms with Gasteiger partial charge in [0.2, 0.25) is 0 Å². The number of aliphatic hydroxyl groups excluding tert-OH is 1. The predicted octanol–water partition coefficient (Wildman–Crippen LogP) is 0.544. The second-order valence-electron chi connectivity index (χ2n) is 4.78. The van der Waals surface area contributed by atoms with E-state index in [1.807, 2.05) is 6.92 Å². The Kier molecular flexibility index (Phi) is 4.64. The third-order valence-corrected chi connectivity index (χ3v) is 3.34. The van der Waals surface area contributed by atoms with Crippen LogP contribution >= 0.6 is 0 Å². The molecule has 2 heterocycles. The van der Waals surface area contributed by atoms with E-state index in [0.29, 0.717) is 17.7 Å². The minimum Gasteiger partial charge on any atom is -0.394 e. The van der Waals surface area contributed by atoms with Crippen LogP contribution in [0, 0.1) is 6.92 Å². The highest BCUT2D eigenvalue weighted by Gasteiger charge is 2.19. The number of rotatable bonds is 5. The van der Waals surface area contributed by atoms with Gasteiger partial charge in [0.1, 0.15) is 0 Å². The van der Waals surface area contributed by atoms with E-state index in [9.17, 15) is 9.90 Å². The molecule has 0 radical (unpaired) electrons. The fourth-order valence-corrected chi connectivity index (χ4v) is 2.07. The fourth-order valence-electron chi connectivity index (χ4n) is 2.07. The summed E-state index contributed by atoms with van der Waals surface area (Å²) in [5.41, 5.74) is 2.53. The van der Waals surface area contributed by atoms with E-state index in [2.05, 4.69) is 20.6 Å². The molecule has 0 saturated carbocycles. The second-order valence-corrected chi connectivity index (χ2v) is 4.78. The normalized spacial score (nSPS) is 12.2. The Bertz CT molecular complexity index is 638. The van der Waals surface area contributed by atoms with Crippen LogP contribution in [0.3, 0.4) is 0 Å². The first-order valence-electron chi connectivity index (χ1n) is 6.79. The number of carbonyl (C=O) groups is 1. The molecule has 2 N–H and O–H groups in total. The SMILES string of the molecule is CCc1cc(C(=O)NC(CO)c2ccnn2C)c(C)nn1. The number of carbonyl (C=O) groups excluding carboxylic acids is 1. The van der Waals surface area contributed by atoms with Crippen molar-refractivity contribution < 1.29 is 9.90 Å². The molecule has 0 aliphatic heterocycles. The molecular weight excluding hydrogens is 270 g/mol. The van der Waals surface area contributed by atoms with E-state index in [1.165, 1.54) is 0 Å². The van der Waals surface area contributed by atoms with E-state index < -0.39 is 6.04 Å². The number of amides is 1. The Hall–Kier alpha value is -2.28. The number of nitrogens with zero attached hydrogens (tertiary/aromatic N) is 4. The van der Waals surface area contributed by atoms with Gasteiger partial charge in [-0.3, -0.25) is 9.48 Å². The van der Waals surface area contributed by atoms with Gasteiger partial charge < -0.3 is 10.4 Å². The molecule has 0 fully saturated rings. The molecule has 0 bridgehead atoms. The summed E-state index contributed by atoms with van der Waals surface area (Å²) in [6.07, 6.45) is 2.33. The van der Waals surface area contributed by atoms with Crippen LogP contribution in [0.5, 0.6) is 0 Å². The van der Waals surface area contributed by atoms with Gasteiger partial charge in [0.05, 0.1) is 35.3 Å². The van der Waals surface area contributed by atoms with Crippen LogP contribution < -0.4 is 5.32 Å². The van der Waals surface area contributed by atoms with Crippen LogP contribution in [0.15, 0.2) is 18.3 Å². The highest BCUT2D eigenvalue weighted by Crippen LogP contribution is 2.13. The number of aliphatic hydroxyl groups is 1. The maximum Gasteiger partial charge on any atom is 0.253 e. The smallest absolute Gasteiger partial charge is 0.253 e. The average Bonchev–Trinajstić information content (AvgIpc) is 2.91. The standard InChI is InChI=1S/C14H19N5O2/c1-4-10-7-11(9(2)17-18-10)14(21)16-12(8-20)13-5-6-15-19(13)3/h5-7,12,20H,4,8H2,1-3H3,(H,16,21). The lowest BCUT2D eigenvalue weighted by atomic mass is 10.1. The van der Waals surface area contributed by atoms with Crippen LogP contribution in [-0.2, 0) is 13.5 Å². The quantitative estimate of drug-likeness (QED) is 0.838. The first-order chi connectivity index (χ1) is 10.1. The van der Waals surface area contributed by atoms with Gasteiger partial charge in [-0.05, 0) is 25.5 Å². The second kappa shape index (κ2) is 6.45. The van der Waals surface area contributed by atoms with Gasteiger partial charge in [-0.25, -0.2) is 0 Å². The van der Waals surface area contributed by atoms with Crippen molar-refractivity contribution in [2.24, 2.45) is 7.05 Å². The Morgan fingerprint density at radius 1 is 1.48 bits per heavy atom. The number of nitrogens with one attached hydrogen (secondary N) is 1. The molecule has 2 aromatic heterocycles. The molecule has 21 heavy (non-hydrogen) atoms. The molecular formula is C14H19N5O2. The van der Waals surface area contributed by atoms with Crippen molar-refractivity contribution in [2.45, 2.75) is 26.3 Å². The van der Waals surface area contributed by atoms with Crippen LogP contribution in [0.4, 0.5) is 0 Å². The van der Waals surface area contributed by atoms with Gasteiger partial charge >= 0.3 is 0 Å². The van der Waals surface area contributed by atoms with E-state index in [4.69, 9.17) is 0 Å². The zero-order valence-electron chi connectivity index (χ0n) is 12.4. The molecule has 2 aromatic rings. The summed E-state index contributed by atoms with van der Waals surface area (Å²) >= 11 is 0. The molecule has 112 valence electrons. The summed E-state index contributed by atoms with van der Waals surface area (Å²) in [6.45, 7) is 3.48. The third-order valence-electron chi connectivity index (χ3n) is 3.34. The Morgan fingerprint density at radius 2 is 2.24 bits per heavy atom. The molecule has 7 heteroatoms. The lowest BCUT2D eigenvalue weighted by Gasteiger charge is -2.17. The van der Waals surface area contributed by atoms with Crippen molar-refractivity contribution in [3.8, 4) is 0 Å². The minimum atomic E-state index is -0.511. The van der Waals surface area contributed by atoms with E-state index in [1.54, 1.807) is 37.0 Å². The molecule has 0 aromatic carbocycles. The third kappa shape index (κ3) is 3.25. The summed E-state index contributed by atoms with van der Waals surface area (Å²) in [7, 11) is 1.76. The predicted molar refractivity (Wildman–Crippen MR) is 76.6 cm³/mol. The number of hydrogen-bond donors (Lipinski definition) is 2. The molecule has 1 atom stereocenters. The molecule has 1 amide bonds. The van der Waals surface area contributed by atoms with E-state index in [0.717, 1.165) is 11.4 Å². The van der Waals surface area contributed by atoms with Gasteiger partial charge in [0.25, 0.3) is 5.91 Å². The van der Waals surface area contributed by atoms with Crippen molar-refractivity contribution in [2.75, 3.05) is 6.61 Å². The Labute approximate surface area is 123 Å². The topological polar surface area (TPSA) is 92.9 Å². The molecule has 0 spiro atoms. The first kappa shape index (κ1) is 15.1. The fraction of sp³-hybridized carbons (Fsp3) is 0.429. The van der Waals surface area contributed by atoms with Crippen molar-refractivity contribution in [3.05, 3.63) is 41.0 Å². The van der Waals surface area contributed by atoms with Crippen molar-refractivity contribution >= 4 is 5.91 Å². The highest BCUT2D eigenvalue weighted by molar-refractivity contribution is 5.95. The monoisotopic (exact) mass is 289 g/mol. The lowest BCUT2D eigenvalue weighted by Crippen LogP contribution is -2.32. The zero-order chi connectivity index (χ0) is 15.4. The van der Waals surface area contributed by atoms with Gasteiger partial charge in [-0.15, -0.1) is 0 Å². The van der Waals surface area contributed by atoms with Crippen molar-refractivity contribution in [3.63, 3.8) is 0 Å². The molecule has 0 aliphatic carbocycles. The summed E-state index contributed by atoms with van der Waals surface area (Å²) in [5, 5.41) is 24.4. The zero-order valence-corrected chi connectivity index (χ0v) is 12.4. The van der Waals surface area contributed by atoms with E-state index >= 15 is 0 Å². The summed E-state index contributed by atoms with van der Waals surface area (Å²) in [4.78, 5) is 12.4. The van der Waals surface area contributed by atoms with Crippen molar-refractivity contribution in [1.82, 2.24) is 25.3 Å². The van der Waals surface area contributed by atoms with Crippen molar-refractivity contribution in [1.29, 1.82) is 0 Å². The van der Waals surface area contributed by atoms with Gasteiger partial charge in [0, 0.05) is 13.2 Å². The minimum absolute atomic E-state index is 0.205. The summed E-state index contributed by atoms with van der Waals surface area (Å²) < 4.78 is 1.62. The van der Waals surface area contributed by atoms with Gasteiger partial charge in [0.15, 0.2) is 0 Å². The molecule has 2 rings (SSSR count). The lowest BCUT2D eigenvalue weighted by molar-refractivity contribution is 0.0912. The average molecular weight is 289 g/mol. The van der Waals surface area contributed by atoms with Crippen LogP contribution in [0.25, 0.3) is 0 Å². The summed E-state index contributed by atoms with van der Waals surface area (Å²) in [5.74, 6) is -0.280. The number of aryl methyl sites for hydroxylation is 3. The maximum atomic E-state index is 12.4. The highest BCUT2D eigenvalue weighted by atomic mass is 16.3. The molecule has 7 nitrogen and oxygen atoms in total. The Balaban J connectivity index is 2.22. The largest absolute Gasteiger partial charge is 0.394 e.